The number of aromatic nitrogens is 3. The van der Waals surface area contributed by atoms with Crippen LogP contribution >= 0.6 is 37.2 Å². The van der Waals surface area contributed by atoms with Crippen LogP contribution in [0.5, 0.6) is 5.75 Å². The Hall–Kier alpha value is -5.50. The number of halogens is 5. The van der Waals surface area contributed by atoms with E-state index in [0.717, 1.165) is 5.56 Å². The smallest absolute Gasteiger partial charge is 0.303 e. The van der Waals surface area contributed by atoms with E-state index in [2.05, 4.69) is 36.2 Å². The maximum absolute atomic E-state index is 14.9. The molecule has 56 heavy (non-hydrogen) atoms. The van der Waals surface area contributed by atoms with Crippen molar-refractivity contribution in [2.45, 2.75) is 44.7 Å². The number of carboxylic acid groups (broad SMARTS) is 1. The lowest BCUT2D eigenvalue weighted by atomic mass is 10.0. The van der Waals surface area contributed by atoms with Crippen molar-refractivity contribution in [3.63, 3.8) is 0 Å². The van der Waals surface area contributed by atoms with Gasteiger partial charge in [0.1, 0.15) is 6.04 Å². The number of fused-ring (bicyclic) bond motifs is 1. The number of guanidine groups is 1. The number of nitrogens with two attached hydrogens (primary N) is 3. The fraction of sp³-hybridized carbons (Fsp3) is 0.324. The number of carbonyl (C=O) groups is 4. The van der Waals surface area contributed by atoms with E-state index in [1.807, 2.05) is 6.92 Å². The summed E-state index contributed by atoms with van der Waals surface area (Å²) >= 11 is 0. The number of nitrogens with one attached hydrogen (secondary N) is 4. The average molecular weight is 847 g/mol. The summed E-state index contributed by atoms with van der Waals surface area (Å²) in [4.78, 5) is 61.6. The van der Waals surface area contributed by atoms with Gasteiger partial charge in [0, 0.05) is 48.7 Å². The Kier molecular flexibility index (Phi) is 19.7. The number of aryl methyl sites for hydroxylation is 1. The maximum Gasteiger partial charge on any atom is 0.303 e. The van der Waals surface area contributed by atoms with Crippen LogP contribution in [-0.2, 0) is 20.8 Å². The lowest BCUT2D eigenvalue weighted by molar-refractivity contribution is -0.137. The molecule has 0 saturated heterocycles. The molecule has 22 heteroatoms. The summed E-state index contributed by atoms with van der Waals surface area (Å²) in [5.41, 5.74) is 18.9. The molecular weight excluding hydrogens is 803 g/mol. The monoisotopic (exact) mass is 845 g/mol. The van der Waals surface area contributed by atoms with Crippen LogP contribution in [0.4, 0.5) is 20.3 Å². The van der Waals surface area contributed by atoms with Gasteiger partial charge < -0.3 is 48.3 Å². The molecule has 2 atom stereocenters. The molecule has 2 aromatic carbocycles. The van der Waals surface area contributed by atoms with Gasteiger partial charge in [0.15, 0.2) is 29.0 Å². The van der Waals surface area contributed by atoms with Gasteiger partial charge in [-0.05, 0) is 55.2 Å². The Bertz CT molecular complexity index is 2020. The Morgan fingerprint density at radius 2 is 1.71 bits per heavy atom. The van der Waals surface area contributed by atoms with Gasteiger partial charge >= 0.3 is 5.97 Å². The van der Waals surface area contributed by atoms with Crippen molar-refractivity contribution >= 4 is 84.0 Å². The summed E-state index contributed by atoms with van der Waals surface area (Å²) in [5, 5.41) is 19.9. The van der Waals surface area contributed by atoms with Crippen LogP contribution in [0.25, 0.3) is 16.9 Å². The van der Waals surface area contributed by atoms with Crippen LogP contribution in [0.15, 0.2) is 53.9 Å². The first-order chi connectivity index (χ1) is 25.3. The standard InChI is InChI=1S/C34H41F2N11O6.3ClH/c1-3-18-15-19(45-29-30-43-17-24(47(30)14-13-40-29)21-7-9-25(53-2)28(36)27(21)35)5-6-20(18)31(50)41-11-4-12-42-33(52)23(16-44-34(38)39)46-32(51)22(37)8-10-26(48)49;;;/h5-7,9,13-15,17,22-23H,3-4,8,10-12,16,37H2,1-2H3,(H,40,45)(H,41,50)(H,42,52)(H,46,51)(H,48,49)(H4,38,39,44);3*1H/t22-,23?;;;/m0.../s1. The summed E-state index contributed by atoms with van der Waals surface area (Å²) in [6.45, 7) is 1.96. The number of imidazole rings is 1. The number of aliphatic carboxylic acids is 1. The number of methoxy groups -OCH3 is 1. The van der Waals surface area contributed by atoms with Crippen molar-refractivity contribution in [2.24, 2.45) is 22.2 Å². The fourth-order valence-electron chi connectivity index (χ4n) is 5.22. The summed E-state index contributed by atoms with van der Waals surface area (Å²) < 4.78 is 35.8. The first-order valence-electron chi connectivity index (χ1n) is 16.5. The molecule has 0 radical (unpaired) electrons. The lowest BCUT2D eigenvalue weighted by Gasteiger charge is -2.19. The molecule has 0 saturated carbocycles. The summed E-state index contributed by atoms with van der Waals surface area (Å²) in [6.07, 6.45) is 4.88. The topological polar surface area (TPSA) is 266 Å². The van der Waals surface area contributed by atoms with E-state index in [9.17, 15) is 28.0 Å². The molecule has 1 unspecified atom stereocenters. The molecule has 0 aliphatic rings. The zero-order chi connectivity index (χ0) is 38.7. The molecule has 306 valence electrons. The van der Waals surface area contributed by atoms with Gasteiger partial charge in [-0.2, -0.15) is 4.39 Å². The van der Waals surface area contributed by atoms with Crippen LogP contribution in [-0.4, -0.2) is 88.0 Å². The first kappa shape index (κ1) is 48.5. The van der Waals surface area contributed by atoms with Crippen molar-refractivity contribution in [3.05, 3.63) is 71.7 Å². The zero-order valence-corrected chi connectivity index (χ0v) is 32.7. The molecule has 3 amide bonds. The molecule has 11 N–H and O–H groups in total. The molecule has 4 aromatic rings. The Labute approximate surface area is 338 Å². The van der Waals surface area contributed by atoms with Gasteiger partial charge in [-0.25, -0.2) is 14.4 Å². The molecule has 4 rings (SSSR count). The highest BCUT2D eigenvalue weighted by Gasteiger charge is 2.24. The second-order valence-corrected chi connectivity index (χ2v) is 11.7. The second kappa shape index (κ2) is 22.8. The van der Waals surface area contributed by atoms with E-state index in [-0.39, 0.29) is 92.9 Å². The molecular formula is C34H44Cl3F2N11O6. The van der Waals surface area contributed by atoms with Crippen molar-refractivity contribution in [1.29, 1.82) is 0 Å². The zero-order valence-electron chi connectivity index (χ0n) is 30.2. The number of hydrogen-bond donors (Lipinski definition) is 8. The van der Waals surface area contributed by atoms with E-state index < -0.39 is 41.5 Å². The van der Waals surface area contributed by atoms with Crippen LogP contribution in [0.3, 0.4) is 0 Å². The highest BCUT2D eigenvalue weighted by atomic mass is 35.5. The van der Waals surface area contributed by atoms with E-state index in [1.165, 1.54) is 31.6 Å². The summed E-state index contributed by atoms with van der Waals surface area (Å²) in [7, 11) is 1.25. The first-order valence-corrected chi connectivity index (χ1v) is 16.5. The van der Waals surface area contributed by atoms with Gasteiger partial charge in [-0.3, -0.25) is 28.6 Å². The number of ether oxygens (including phenoxy) is 1. The number of nitrogens with zero attached hydrogens (tertiary/aromatic N) is 4. The normalized spacial score (nSPS) is 11.4. The number of amides is 3. The quantitative estimate of drug-likeness (QED) is 0.0408. The molecule has 2 aromatic heterocycles. The molecule has 17 nitrogen and oxygen atoms in total. The van der Waals surface area contributed by atoms with Crippen LogP contribution < -0.4 is 43.2 Å². The molecule has 0 aliphatic carbocycles. The highest BCUT2D eigenvalue weighted by Crippen LogP contribution is 2.31. The number of rotatable bonds is 18. The molecule has 0 fully saturated rings. The maximum atomic E-state index is 14.9. The van der Waals surface area contributed by atoms with E-state index in [0.29, 0.717) is 41.3 Å². The number of hydrogen-bond acceptors (Lipinski definition) is 10. The number of carboxylic acids is 1. The van der Waals surface area contributed by atoms with Crippen molar-refractivity contribution in [2.75, 3.05) is 32.1 Å². The molecule has 2 heterocycles. The average Bonchev–Trinajstić information content (AvgIpc) is 3.57. The third-order valence-corrected chi connectivity index (χ3v) is 8.00. The minimum Gasteiger partial charge on any atom is -0.494 e. The minimum absolute atomic E-state index is 0. The number of aliphatic imine (C=N–C) groups is 1. The van der Waals surface area contributed by atoms with Gasteiger partial charge in [0.25, 0.3) is 5.91 Å². The molecule has 0 bridgehead atoms. The van der Waals surface area contributed by atoms with E-state index in [4.69, 9.17) is 27.0 Å². The van der Waals surface area contributed by atoms with E-state index >= 15 is 0 Å². The third kappa shape index (κ3) is 12.5. The van der Waals surface area contributed by atoms with Gasteiger partial charge in [0.05, 0.1) is 31.6 Å². The van der Waals surface area contributed by atoms with Gasteiger partial charge in [-0.1, -0.05) is 6.92 Å². The van der Waals surface area contributed by atoms with Gasteiger partial charge in [-0.15, -0.1) is 37.2 Å². The van der Waals surface area contributed by atoms with Crippen LogP contribution in [0.1, 0.15) is 42.1 Å². The van der Waals surface area contributed by atoms with Crippen LogP contribution in [0.2, 0.25) is 0 Å². The minimum atomic E-state index is -1.17. The number of carbonyl (C=O) groups excluding carboxylic acids is 3. The third-order valence-electron chi connectivity index (χ3n) is 8.00. The predicted octanol–water partition coefficient (Wildman–Crippen LogP) is 2.44. The largest absolute Gasteiger partial charge is 0.494 e. The predicted molar refractivity (Wildman–Crippen MR) is 213 cm³/mol. The highest BCUT2D eigenvalue weighted by molar-refractivity contribution is 5.96. The molecule has 0 aliphatic heterocycles. The Morgan fingerprint density at radius 1 is 1.00 bits per heavy atom. The number of benzene rings is 2. The van der Waals surface area contributed by atoms with Crippen molar-refractivity contribution in [1.82, 2.24) is 30.3 Å². The summed E-state index contributed by atoms with van der Waals surface area (Å²) in [6, 6.07) is 5.55. The van der Waals surface area contributed by atoms with Crippen molar-refractivity contribution < 1.29 is 37.8 Å². The SMILES string of the molecule is CCc1cc(Nc2nccn3c(-c4ccc(OC)c(F)c4F)cnc23)ccc1C(=O)NCCCNC(=O)C(CN=C(N)N)NC(=O)[C@@H](N)CCC(=O)O.Cl.Cl.Cl. The van der Waals surface area contributed by atoms with Gasteiger partial charge in [0.2, 0.25) is 17.6 Å². The Balaban J connectivity index is 0.00000523. The van der Waals surface area contributed by atoms with Crippen molar-refractivity contribution in [3.8, 4) is 17.0 Å². The fourth-order valence-corrected chi connectivity index (χ4v) is 5.22. The van der Waals surface area contributed by atoms with Crippen LogP contribution in [0, 0.1) is 11.6 Å². The number of anilines is 2. The summed E-state index contributed by atoms with van der Waals surface area (Å²) in [5.74, 6) is -5.14. The lowest BCUT2D eigenvalue weighted by Crippen LogP contribution is -2.53. The Morgan fingerprint density at radius 3 is 2.38 bits per heavy atom. The molecule has 0 spiro atoms. The second-order valence-electron chi connectivity index (χ2n) is 11.7. The van der Waals surface area contributed by atoms with E-state index in [1.54, 1.807) is 28.8 Å².